The number of methoxy groups -OCH3 is 1. The number of benzene rings is 1. The first-order valence-electron chi connectivity index (χ1n) is 7.37. The molecular weight excluding hydrogens is 288 g/mol. The van der Waals surface area contributed by atoms with Crippen molar-refractivity contribution < 1.29 is 9.53 Å². The summed E-state index contributed by atoms with van der Waals surface area (Å²) in [4.78, 5) is 14.6. The first-order chi connectivity index (χ1) is 10.1. The molecule has 1 saturated carbocycles. The van der Waals surface area contributed by atoms with Crippen LogP contribution in [0.1, 0.15) is 37.8 Å². The molecule has 0 aromatic heterocycles. The summed E-state index contributed by atoms with van der Waals surface area (Å²) < 4.78 is 5.23. The lowest BCUT2D eigenvalue weighted by atomic mass is 10.1. The highest BCUT2D eigenvalue weighted by Gasteiger charge is 2.37. The van der Waals surface area contributed by atoms with Gasteiger partial charge in [0, 0.05) is 24.7 Å². The topological polar surface area (TPSA) is 55.6 Å². The maximum atomic E-state index is 12.6. The van der Waals surface area contributed by atoms with E-state index >= 15 is 0 Å². The van der Waals surface area contributed by atoms with Crippen LogP contribution < -0.4 is 5.73 Å². The van der Waals surface area contributed by atoms with Crippen molar-refractivity contribution in [2.45, 2.75) is 44.4 Å². The first kappa shape index (κ1) is 16.3. The molecule has 1 aromatic rings. The van der Waals surface area contributed by atoms with Crippen molar-refractivity contribution in [3.05, 3.63) is 34.9 Å². The summed E-state index contributed by atoms with van der Waals surface area (Å²) in [7, 11) is 1.59. The molecule has 2 N–H and O–H groups in total. The maximum absolute atomic E-state index is 12.6. The Bertz CT molecular complexity index is 487. The molecule has 1 aliphatic carbocycles. The average molecular weight is 311 g/mol. The molecule has 2 atom stereocenters. The van der Waals surface area contributed by atoms with Gasteiger partial charge in [-0.2, -0.15) is 0 Å². The van der Waals surface area contributed by atoms with Gasteiger partial charge >= 0.3 is 0 Å². The number of nitrogens with zero attached hydrogens (tertiary/aromatic N) is 1. The quantitative estimate of drug-likeness (QED) is 0.842. The Balaban J connectivity index is 2.15. The number of hydrogen-bond acceptors (Lipinski definition) is 3. The van der Waals surface area contributed by atoms with Crippen LogP contribution in [0, 0.1) is 0 Å². The monoisotopic (exact) mass is 310 g/mol. The minimum absolute atomic E-state index is 0.0334. The van der Waals surface area contributed by atoms with E-state index in [0.29, 0.717) is 24.0 Å². The number of carbonyl (C=O) groups excluding carboxylic acids is 1. The summed E-state index contributed by atoms with van der Waals surface area (Å²) >= 11 is 6.27. The van der Waals surface area contributed by atoms with Gasteiger partial charge in [-0.15, -0.1) is 0 Å². The van der Waals surface area contributed by atoms with Crippen LogP contribution in [0.2, 0.25) is 5.02 Å². The number of hydrogen-bond donors (Lipinski definition) is 1. The van der Waals surface area contributed by atoms with Gasteiger partial charge in [0.2, 0.25) is 5.91 Å². The molecular formula is C16H23ClN2O2. The zero-order chi connectivity index (χ0) is 15.4. The van der Waals surface area contributed by atoms with Crippen molar-refractivity contribution in [1.29, 1.82) is 0 Å². The lowest BCUT2D eigenvalue weighted by Gasteiger charge is -2.31. The highest BCUT2D eigenvalue weighted by molar-refractivity contribution is 6.31. The molecule has 1 aromatic carbocycles. The van der Waals surface area contributed by atoms with Crippen LogP contribution in [0.5, 0.6) is 0 Å². The van der Waals surface area contributed by atoms with Crippen LogP contribution in [-0.2, 0) is 9.53 Å². The molecule has 116 valence electrons. The summed E-state index contributed by atoms with van der Waals surface area (Å²) in [5.74, 6) is 0.0854. The number of rotatable bonds is 7. The van der Waals surface area contributed by atoms with Gasteiger partial charge in [-0.05, 0) is 31.4 Å². The van der Waals surface area contributed by atoms with E-state index in [1.165, 1.54) is 0 Å². The van der Waals surface area contributed by atoms with Crippen LogP contribution in [0.15, 0.2) is 24.3 Å². The fraction of sp³-hybridized carbons (Fsp3) is 0.562. The molecule has 0 spiro atoms. The summed E-state index contributed by atoms with van der Waals surface area (Å²) in [6.45, 7) is 2.38. The third kappa shape index (κ3) is 3.96. The largest absolute Gasteiger partial charge is 0.380 e. The summed E-state index contributed by atoms with van der Waals surface area (Å²) in [6, 6.07) is 7.98. The smallest absolute Gasteiger partial charge is 0.225 e. The van der Waals surface area contributed by atoms with E-state index in [0.717, 1.165) is 18.4 Å². The molecule has 1 fully saturated rings. The van der Waals surface area contributed by atoms with Gasteiger partial charge in [0.25, 0.3) is 0 Å². The van der Waals surface area contributed by atoms with E-state index in [4.69, 9.17) is 22.1 Å². The molecule has 2 rings (SSSR count). The van der Waals surface area contributed by atoms with Gasteiger partial charge in [0.1, 0.15) is 0 Å². The fourth-order valence-electron chi connectivity index (χ4n) is 2.62. The van der Waals surface area contributed by atoms with Gasteiger partial charge < -0.3 is 15.4 Å². The van der Waals surface area contributed by atoms with Crippen molar-refractivity contribution in [3.8, 4) is 0 Å². The Morgan fingerprint density at radius 3 is 2.67 bits per heavy atom. The molecule has 0 bridgehead atoms. The number of halogens is 1. The number of carbonyl (C=O) groups is 1. The predicted octanol–water partition coefficient (Wildman–Crippen LogP) is 2.76. The maximum Gasteiger partial charge on any atom is 0.225 e. The molecule has 1 amide bonds. The van der Waals surface area contributed by atoms with Crippen LogP contribution in [-0.4, -0.2) is 36.6 Å². The molecule has 0 radical (unpaired) electrons. The van der Waals surface area contributed by atoms with Crippen molar-refractivity contribution in [3.63, 3.8) is 0 Å². The second kappa shape index (κ2) is 7.25. The number of amides is 1. The molecule has 0 aliphatic heterocycles. The average Bonchev–Trinajstić information content (AvgIpc) is 3.30. The Morgan fingerprint density at radius 2 is 2.14 bits per heavy atom. The highest BCUT2D eigenvalue weighted by atomic mass is 35.5. The molecule has 4 nitrogen and oxygen atoms in total. The molecule has 2 unspecified atom stereocenters. The van der Waals surface area contributed by atoms with Gasteiger partial charge in [-0.1, -0.05) is 29.8 Å². The SMILES string of the molecule is COC(CN)CC(=O)N(C1CC1)C(C)c1ccccc1Cl. The lowest BCUT2D eigenvalue weighted by molar-refractivity contribution is -0.136. The van der Waals surface area contributed by atoms with E-state index in [9.17, 15) is 4.79 Å². The van der Waals surface area contributed by atoms with Crippen molar-refractivity contribution in [2.24, 2.45) is 5.73 Å². The predicted molar refractivity (Wildman–Crippen MR) is 84.2 cm³/mol. The first-order valence-corrected chi connectivity index (χ1v) is 7.74. The lowest BCUT2D eigenvalue weighted by Crippen LogP contribution is -2.39. The zero-order valence-electron chi connectivity index (χ0n) is 12.6. The second-order valence-electron chi connectivity index (χ2n) is 5.53. The Hall–Kier alpha value is -1.10. The highest BCUT2D eigenvalue weighted by Crippen LogP contribution is 2.37. The Kier molecular flexibility index (Phi) is 5.62. The molecule has 1 aliphatic rings. The van der Waals surface area contributed by atoms with Crippen molar-refractivity contribution >= 4 is 17.5 Å². The van der Waals surface area contributed by atoms with Crippen LogP contribution in [0.4, 0.5) is 0 Å². The number of nitrogens with two attached hydrogens (primary N) is 1. The molecule has 5 heteroatoms. The van der Waals surface area contributed by atoms with Crippen molar-refractivity contribution in [2.75, 3.05) is 13.7 Å². The van der Waals surface area contributed by atoms with Gasteiger partial charge in [0.15, 0.2) is 0 Å². The molecule has 21 heavy (non-hydrogen) atoms. The van der Waals surface area contributed by atoms with E-state index in [1.54, 1.807) is 7.11 Å². The van der Waals surface area contributed by atoms with E-state index in [2.05, 4.69) is 0 Å². The standard InChI is InChI=1S/C16H23ClN2O2/c1-11(14-5-3-4-6-15(14)17)19(12-7-8-12)16(20)9-13(10-18)21-2/h3-6,11-13H,7-10,18H2,1-2H3. The molecule has 0 heterocycles. The van der Waals surface area contributed by atoms with Crippen LogP contribution in [0.25, 0.3) is 0 Å². The third-order valence-corrected chi connectivity index (χ3v) is 4.34. The van der Waals surface area contributed by atoms with Crippen LogP contribution in [0.3, 0.4) is 0 Å². The minimum Gasteiger partial charge on any atom is -0.380 e. The normalized spacial score (nSPS) is 17.3. The second-order valence-corrected chi connectivity index (χ2v) is 5.93. The Labute approximate surface area is 131 Å². The fourth-order valence-corrected chi connectivity index (χ4v) is 2.91. The van der Waals surface area contributed by atoms with E-state index in [-0.39, 0.29) is 18.1 Å². The van der Waals surface area contributed by atoms with Gasteiger partial charge in [-0.3, -0.25) is 4.79 Å². The Morgan fingerprint density at radius 1 is 1.48 bits per heavy atom. The summed E-state index contributed by atoms with van der Waals surface area (Å²) in [5, 5.41) is 0.700. The number of ether oxygens (including phenoxy) is 1. The summed E-state index contributed by atoms with van der Waals surface area (Å²) in [6.07, 6.45) is 2.21. The van der Waals surface area contributed by atoms with Crippen LogP contribution >= 0.6 is 11.6 Å². The minimum atomic E-state index is -0.225. The zero-order valence-corrected chi connectivity index (χ0v) is 13.3. The van der Waals surface area contributed by atoms with Crippen molar-refractivity contribution in [1.82, 2.24) is 4.90 Å². The van der Waals surface area contributed by atoms with Gasteiger partial charge in [-0.25, -0.2) is 0 Å². The molecule has 0 saturated heterocycles. The third-order valence-electron chi connectivity index (χ3n) is 4.00. The van der Waals surface area contributed by atoms with Gasteiger partial charge in [0.05, 0.1) is 18.6 Å². The van der Waals surface area contributed by atoms with E-state index in [1.807, 2.05) is 36.1 Å². The van der Waals surface area contributed by atoms with E-state index < -0.39 is 0 Å². The summed E-state index contributed by atoms with van der Waals surface area (Å²) in [5.41, 5.74) is 6.61.